The highest BCUT2D eigenvalue weighted by Crippen LogP contribution is 2.32. The fraction of sp³-hybridized carbons (Fsp3) is 0.500. The van der Waals surface area contributed by atoms with Gasteiger partial charge in [-0.2, -0.15) is 13.2 Å². The van der Waals surface area contributed by atoms with Gasteiger partial charge in [0, 0.05) is 19.3 Å². The average Bonchev–Trinajstić information content (AvgIpc) is 2.24. The van der Waals surface area contributed by atoms with Gasteiger partial charge in [0.25, 0.3) is 0 Å². The summed E-state index contributed by atoms with van der Waals surface area (Å²) in [5.41, 5.74) is -0.847. The van der Waals surface area contributed by atoms with Crippen LogP contribution in [0.4, 0.5) is 19.0 Å². The Kier molecular flexibility index (Phi) is 5.02. The van der Waals surface area contributed by atoms with Gasteiger partial charge in [-0.15, -0.1) is 0 Å². The number of hydrogen-bond acceptors (Lipinski definition) is 3. The Morgan fingerprint density at radius 2 is 2.06 bits per heavy atom. The quantitative estimate of drug-likeness (QED) is 0.806. The van der Waals surface area contributed by atoms with E-state index in [2.05, 4.69) is 15.6 Å². The third-order valence-electron chi connectivity index (χ3n) is 2.01. The lowest BCUT2D eigenvalue weighted by atomic mass is 10.3. The van der Waals surface area contributed by atoms with Crippen molar-refractivity contribution in [2.75, 3.05) is 25.0 Å². The number of pyridine rings is 1. The Morgan fingerprint density at radius 3 is 2.59 bits per heavy atom. The Labute approximate surface area is 102 Å². The van der Waals surface area contributed by atoms with Crippen LogP contribution in [0.15, 0.2) is 12.3 Å². The van der Waals surface area contributed by atoms with Crippen LogP contribution in [-0.4, -0.2) is 24.6 Å². The maximum atomic E-state index is 12.3. The van der Waals surface area contributed by atoms with Crippen LogP contribution in [-0.2, 0) is 6.18 Å². The molecule has 1 heterocycles. The Balaban J connectivity index is 2.64. The van der Waals surface area contributed by atoms with Gasteiger partial charge >= 0.3 is 6.18 Å². The highest BCUT2D eigenvalue weighted by molar-refractivity contribution is 6.32. The molecule has 0 saturated heterocycles. The first-order valence-corrected chi connectivity index (χ1v) is 5.50. The molecule has 0 amide bonds. The normalized spacial score (nSPS) is 11.6. The minimum absolute atomic E-state index is 0.0312. The lowest BCUT2D eigenvalue weighted by molar-refractivity contribution is -0.137. The number of rotatable bonds is 5. The fourth-order valence-electron chi connectivity index (χ4n) is 1.17. The minimum Gasteiger partial charge on any atom is -0.368 e. The highest BCUT2D eigenvalue weighted by Gasteiger charge is 2.31. The number of nitrogens with one attached hydrogen (secondary N) is 2. The smallest absolute Gasteiger partial charge is 0.368 e. The first kappa shape index (κ1) is 14.1. The number of likely N-dealkylation sites (N-methyl/N-ethyl adjacent to an activating group) is 1. The van der Waals surface area contributed by atoms with Crippen molar-refractivity contribution in [3.05, 3.63) is 22.8 Å². The predicted molar refractivity (Wildman–Crippen MR) is 61.3 cm³/mol. The van der Waals surface area contributed by atoms with Crippen molar-refractivity contribution in [3.8, 4) is 0 Å². The van der Waals surface area contributed by atoms with Crippen LogP contribution < -0.4 is 10.6 Å². The molecule has 1 rings (SSSR count). The molecule has 3 nitrogen and oxygen atoms in total. The van der Waals surface area contributed by atoms with Crippen LogP contribution in [0.2, 0.25) is 5.02 Å². The molecule has 0 fully saturated rings. The number of halogens is 4. The van der Waals surface area contributed by atoms with Crippen molar-refractivity contribution in [2.24, 2.45) is 0 Å². The van der Waals surface area contributed by atoms with Crippen LogP contribution in [0.25, 0.3) is 0 Å². The zero-order valence-corrected chi connectivity index (χ0v) is 9.99. The molecule has 0 radical (unpaired) electrons. The van der Waals surface area contributed by atoms with Crippen molar-refractivity contribution in [2.45, 2.75) is 13.1 Å². The molecule has 2 N–H and O–H groups in total. The van der Waals surface area contributed by atoms with Crippen LogP contribution in [0.1, 0.15) is 12.5 Å². The SMILES string of the molecule is CCNCCNc1ncc(C(F)(F)F)cc1Cl. The molecular weight excluding hydrogens is 255 g/mol. The van der Waals surface area contributed by atoms with Gasteiger partial charge in [-0.1, -0.05) is 18.5 Å². The van der Waals surface area contributed by atoms with Gasteiger partial charge in [0.2, 0.25) is 0 Å². The molecule has 0 bridgehead atoms. The van der Waals surface area contributed by atoms with Crippen molar-refractivity contribution < 1.29 is 13.2 Å². The molecule has 1 aromatic heterocycles. The number of aromatic nitrogens is 1. The van der Waals surface area contributed by atoms with E-state index >= 15 is 0 Å². The number of alkyl halides is 3. The molecule has 0 unspecified atom stereocenters. The third kappa shape index (κ3) is 4.40. The summed E-state index contributed by atoms with van der Waals surface area (Å²) in [5.74, 6) is 0.262. The summed E-state index contributed by atoms with van der Waals surface area (Å²) in [6, 6.07) is 0.865. The van der Waals surface area contributed by atoms with E-state index in [0.29, 0.717) is 13.1 Å². The molecule has 7 heteroatoms. The second-order valence-corrected chi connectivity index (χ2v) is 3.74. The summed E-state index contributed by atoms with van der Waals surface area (Å²) in [7, 11) is 0. The predicted octanol–water partition coefficient (Wildman–Crippen LogP) is 2.78. The second-order valence-electron chi connectivity index (χ2n) is 3.33. The van der Waals surface area contributed by atoms with Gasteiger partial charge < -0.3 is 10.6 Å². The van der Waals surface area contributed by atoms with E-state index in [1.165, 1.54) is 0 Å². The van der Waals surface area contributed by atoms with Crippen molar-refractivity contribution in [1.82, 2.24) is 10.3 Å². The fourth-order valence-corrected chi connectivity index (χ4v) is 1.40. The number of anilines is 1. The van der Waals surface area contributed by atoms with Crippen LogP contribution in [0, 0.1) is 0 Å². The zero-order valence-electron chi connectivity index (χ0n) is 9.24. The lowest BCUT2D eigenvalue weighted by Gasteiger charge is -2.10. The Hall–Kier alpha value is -1.01. The van der Waals surface area contributed by atoms with Crippen molar-refractivity contribution >= 4 is 17.4 Å². The molecule has 0 spiro atoms. The van der Waals surface area contributed by atoms with Gasteiger partial charge in [-0.3, -0.25) is 0 Å². The zero-order chi connectivity index (χ0) is 12.9. The summed E-state index contributed by atoms with van der Waals surface area (Å²) in [6.45, 7) is 4.03. The van der Waals surface area contributed by atoms with E-state index in [1.54, 1.807) is 0 Å². The number of nitrogens with zero attached hydrogens (tertiary/aromatic N) is 1. The summed E-state index contributed by atoms with van der Waals surface area (Å²) >= 11 is 5.70. The van der Waals surface area contributed by atoms with E-state index in [4.69, 9.17) is 11.6 Å². The maximum Gasteiger partial charge on any atom is 0.417 e. The average molecular weight is 268 g/mol. The van der Waals surface area contributed by atoms with E-state index < -0.39 is 11.7 Å². The summed E-state index contributed by atoms with van der Waals surface area (Å²) in [6.07, 6.45) is -3.65. The van der Waals surface area contributed by atoms with Gasteiger partial charge in [-0.25, -0.2) is 4.98 Å². The molecule has 0 aliphatic carbocycles. The summed E-state index contributed by atoms with van der Waals surface area (Å²) in [5, 5.41) is 5.88. The highest BCUT2D eigenvalue weighted by atomic mass is 35.5. The van der Waals surface area contributed by atoms with Crippen LogP contribution in [0.5, 0.6) is 0 Å². The lowest BCUT2D eigenvalue weighted by Crippen LogP contribution is -2.22. The first-order valence-electron chi connectivity index (χ1n) is 5.12. The Morgan fingerprint density at radius 1 is 1.35 bits per heavy atom. The molecule has 96 valence electrons. The molecule has 0 aliphatic rings. The molecular formula is C10H13ClF3N3. The molecule has 0 atom stereocenters. The second kappa shape index (κ2) is 6.07. The van der Waals surface area contributed by atoms with Gasteiger partial charge in [0.1, 0.15) is 5.82 Å². The van der Waals surface area contributed by atoms with Crippen LogP contribution in [0.3, 0.4) is 0 Å². The Bertz CT molecular complexity index is 368. The molecule has 17 heavy (non-hydrogen) atoms. The van der Waals surface area contributed by atoms with Crippen molar-refractivity contribution in [1.29, 1.82) is 0 Å². The largest absolute Gasteiger partial charge is 0.417 e. The topological polar surface area (TPSA) is 37.0 Å². The van der Waals surface area contributed by atoms with Crippen molar-refractivity contribution in [3.63, 3.8) is 0 Å². The van der Waals surface area contributed by atoms with E-state index in [0.717, 1.165) is 18.8 Å². The minimum atomic E-state index is -4.42. The summed E-state index contributed by atoms with van der Waals surface area (Å²) in [4.78, 5) is 3.65. The van der Waals surface area contributed by atoms with Gasteiger partial charge in [-0.05, 0) is 12.6 Å². The van der Waals surface area contributed by atoms with E-state index in [-0.39, 0.29) is 10.8 Å². The monoisotopic (exact) mass is 267 g/mol. The molecule has 0 aromatic carbocycles. The molecule has 1 aromatic rings. The maximum absolute atomic E-state index is 12.3. The van der Waals surface area contributed by atoms with Gasteiger partial charge in [0.15, 0.2) is 0 Å². The standard InChI is InChI=1S/C10H13ClF3N3/c1-2-15-3-4-16-9-8(11)5-7(6-17-9)10(12,13)14/h5-6,15H,2-4H2,1H3,(H,16,17). The molecule has 0 aliphatic heterocycles. The molecule has 0 saturated carbocycles. The first-order chi connectivity index (χ1) is 7.95. The van der Waals surface area contributed by atoms with Gasteiger partial charge in [0.05, 0.1) is 10.6 Å². The van der Waals surface area contributed by atoms with Crippen LogP contribution >= 0.6 is 11.6 Å². The number of hydrogen-bond donors (Lipinski definition) is 2. The summed E-state index contributed by atoms with van der Waals surface area (Å²) < 4.78 is 37.0. The van der Waals surface area contributed by atoms with E-state index in [9.17, 15) is 13.2 Å². The van der Waals surface area contributed by atoms with E-state index in [1.807, 2.05) is 6.92 Å². The third-order valence-corrected chi connectivity index (χ3v) is 2.30.